The fourth-order valence-corrected chi connectivity index (χ4v) is 9.59. The lowest BCUT2D eigenvalue weighted by Gasteiger charge is -2.11. The lowest BCUT2D eigenvalue weighted by Crippen LogP contribution is -1.94. The average Bonchev–Trinajstić information content (AvgIpc) is 4.04. The van der Waals surface area contributed by atoms with Gasteiger partial charge in [0.1, 0.15) is 22.3 Å². The van der Waals surface area contributed by atoms with Gasteiger partial charge in [-0.2, -0.15) is 0 Å². The molecule has 0 unspecified atom stereocenters. The van der Waals surface area contributed by atoms with Crippen LogP contribution >= 0.6 is 0 Å². The summed E-state index contributed by atoms with van der Waals surface area (Å²) in [5, 5.41) is 9.39. The van der Waals surface area contributed by atoms with Crippen molar-refractivity contribution >= 4 is 87.5 Å². The predicted molar refractivity (Wildman–Crippen MR) is 241 cm³/mol. The highest BCUT2D eigenvalue weighted by molar-refractivity contribution is 6.16. The lowest BCUT2D eigenvalue weighted by molar-refractivity contribution is 0.668. The Morgan fingerprint density at radius 2 is 0.638 bits per heavy atom. The van der Waals surface area contributed by atoms with E-state index in [1.165, 1.54) is 65.9 Å². The van der Waals surface area contributed by atoms with Crippen molar-refractivity contribution in [2.45, 2.75) is 0 Å². The van der Waals surface area contributed by atoms with Crippen LogP contribution in [0.15, 0.2) is 203 Å². The van der Waals surface area contributed by atoms with Crippen molar-refractivity contribution in [3.63, 3.8) is 0 Å². The zero-order valence-electron chi connectivity index (χ0n) is 31.2. The molecule has 58 heavy (non-hydrogen) atoms. The largest absolute Gasteiger partial charge is 0.456 e. The van der Waals surface area contributed by atoms with Gasteiger partial charge in [-0.3, -0.25) is 0 Å². The normalized spacial score (nSPS) is 12.1. The molecule has 0 saturated heterocycles. The van der Waals surface area contributed by atoms with Crippen LogP contribution in [0.1, 0.15) is 0 Å². The molecule has 0 fully saturated rings. The first-order chi connectivity index (χ1) is 28.8. The van der Waals surface area contributed by atoms with Crippen LogP contribution in [0.4, 0.5) is 0 Å². The Morgan fingerprint density at radius 1 is 0.259 bits per heavy atom. The Kier molecular flexibility index (Phi) is 6.41. The van der Waals surface area contributed by atoms with Gasteiger partial charge in [0.15, 0.2) is 0 Å². The van der Waals surface area contributed by atoms with Gasteiger partial charge in [-0.25, -0.2) is 0 Å². The molecule has 4 aromatic heterocycles. The molecule has 13 rings (SSSR count). The molecule has 0 radical (unpaired) electrons. The highest BCUT2D eigenvalue weighted by Gasteiger charge is 2.20. The Labute approximate surface area is 332 Å². The average molecular weight is 741 g/mol. The number of furan rings is 2. The van der Waals surface area contributed by atoms with Crippen LogP contribution in [0, 0.1) is 0 Å². The standard InChI is InChI=1S/C54H32N2O2/c1-5-18-43-37(14-1)41-31-35(26-28-45(41)55(43)47-20-10-24-51-53(47)39-16-3-7-22-49(39)57-51)33-12-9-13-34(30-33)36-27-29-46-42(32-36)38-15-2-6-19-44(38)56(46)48-21-11-25-52-54(48)40-17-4-8-23-50(40)58-52/h1-32H. The highest BCUT2D eigenvalue weighted by Crippen LogP contribution is 2.42. The van der Waals surface area contributed by atoms with E-state index >= 15 is 0 Å². The zero-order valence-corrected chi connectivity index (χ0v) is 31.2. The second-order valence-electron chi connectivity index (χ2n) is 15.2. The number of para-hydroxylation sites is 4. The third-order valence-corrected chi connectivity index (χ3v) is 12.1. The predicted octanol–water partition coefficient (Wildman–Crippen LogP) is 15.0. The van der Waals surface area contributed by atoms with Crippen molar-refractivity contribution in [2.75, 3.05) is 0 Å². The van der Waals surface area contributed by atoms with E-state index in [-0.39, 0.29) is 0 Å². The van der Waals surface area contributed by atoms with Crippen molar-refractivity contribution < 1.29 is 8.83 Å². The van der Waals surface area contributed by atoms with Crippen LogP contribution in [-0.2, 0) is 0 Å². The van der Waals surface area contributed by atoms with E-state index in [1.807, 2.05) is 24.3 Å². The maximum absolute atomic E-state index is 6.31. The fourth-order valence-electron chi connectivity index (χ4n) is 9.59. The summed E-state index contributed by atoms with van der Waals surface area (Å²) in [6.45, 7) is 0. The Balaban J connectivity index is 0.956. The molecule has 0 spiro atoms. The minimum Gasteiger partial charge on any atom is -0.456 e. The maximum atomic E-state index is 6.31. The second-order valence-corrected chi connectivity index (χ2v) is 15.2. The van der Waals surface area contributed by atoms with Crippen molar-refractivity contribution in [3.05, 3.63) is 194 Å². The molecule has 0 aliphatic heterocycles. The van der Waals surface area contributed by atoms with Gasteiger partial charge in [0.05, 0.1) is 44.2 Å². The van der Waals surface area contributed by atoms with Crippen LogP contribution in [0.2, 0.25) is 0 Å². The SMILES string of the molecule is c1cc(-c2ccc3c(c2)c2ccccc2n3-c2cccc3oc4ccccc4c23)cc(-c2ccc3c(c2)c2ccccc2n3-c2cccc3oc4ccccc4c23)c1. The molecule has 4 heteroatoms. The topological polar surface area (TPSA) is 36.1 Å². The molecular formula is C54H32N2O2. The summed E-state index contributed by atoms with van der Waals surface area (Å²) >= 11 is 0. The molecule has 0 bridgehead atoms. The van der Waals surface area contributed by atoms with Gasteiger partial charge in [0.25, 0.3) is 0 Å². The van der Waals surface area contributed by atoms with E-state index in [9.17, 15) is 0 Å². The second kappa shape index (κ2) is 11.8. The van der Waals surface area contributed by atoms with Crippen molar-refractivity contribution in [2.24, 2.45) is 0 Å². The van der Waals surface area contributed by atoms with Crippen LogP contribution in [-0.4, -0.2) is 9.13 Å². The molecule has 4 heterocycles. The summed E-state index contributed by atoms with van der Waals surface area (Å²) in [7, 11) is 0. The number of benzene rings is 9. The minimum absolute atomic E-state index is 0.893. The molecule has 0 saturated carbocycles. The van der Waals surface area contributed by atoms with E-state index in [0.717, 1.165) is 55.3 Å². The summed E-state index contributed by atoms with van der Waals surface area (Å²) in [5.74, 6) is 0. The van der Waals surface area contributed by atoms with Gasteiger partial charge < -0.3 is 18.0 Å². The molecule has 0 atom stereocenters. The van der Waals surface area contributed by atoms with Crippen LogP contribution in [0.3, 0.4) is 0 Å². The first-order valence-corrected chi connectivity index (χ1v) is 19.8. The number of hydrogen-bond donors (Lipinski definition) is 0. The molecule has 9 aromatic carbocycles. The van der Waals surface area contributed by atoms with E-state index in [2.05, 4.69) is 179 Å². The van der Waals surface area contributed by atoms with Crippen molar-refractivity contribution in [1.29, 1.82) is 0 Å². The number of nitrogens with zero attached hydrogens (tertiary/aromatic N) is 2. The van der Waals surface area contributed by atoms with Gasteiger partial charge in [-0.15, -0.1) is 0 Å². The van der Waals surface area contributed by atoms with Gasteiger partial charge in [-0.05, 0) is 101 Å². The van der Waals surface area contributed by atoms with Crippen molar-refractivity contribution in [3.8, 4) is 33.6 Å². The molecule has 0 aliphatic carbocycles. The zero-order chi connectivity index (χ0) is 37.9. The Morgan fingerprint density at radius 3 is 1.14 bits per heavy atom. The molecule has 0 N–H and O–H groups in total. The molecule has 4 nitrogen and oxygen atoms in total. The number of fused-ring (bicyclic) bond motifs is 12. The molecule has 0 amide bonds. The Bertz CT molecular complexity index is 3570. The van der Waals surface area contributed by atoms with Crippen molar-refractivity contribution in [1.82, 2.24) is 9.13 Å². The number of hydrogen-bond acceptors (Lipinski definition) is 2. The highest BCUT2D eigenvalue weighted by atomic mass is 16.3. The minimum atomic E-state index is 0.893. The summed E-state index contributed by atoms with van der Waals surface area (Å²) in [5.41, 5.74) is 15.2. The van der Waals surface area contributed by atoms with Gasteiger partial charge in [0, 0.05) is 32.3 Å². The third kappa shape index (κ3) is 4.40. The van der Waals surface area contributed by atoms with E-state index < -0.39 is 0 Å². The summed E-state index contributed by atoms with van der Waals surface area (Å²) in [4.78, 5) is 0. The van der Waals surface area contributed by atoms with Crippen LogP contribution in [0.5, 0.6) is 0 Å². The van der Waals surface area contributed by atoms with Gasteiger partial charge in [-0.1, -0.05) is 115 Å². The quantitative estimate of drug-likeness (QED) is 0.180. The summed E-state index contributed by atoms with van der Waals surface area (Å²) in [6.07, 6.45) is 0. The first kappa shape index (κ1) is 31.4. The fraction of sp³-hybridized carbons (Fsp3) is 0. The first-order valence-electron chi connectivity index (χ1n) is 19.8. The Hall–Kier alpha value is -7.82. The number of rotatable bonds is 4. The molecular weight excluding hydrogens is 709 g/mol. The number of aromatic nitrogens is 2. The molecule has 13 aromatic rings. The molecule has 270 valence electrons. The summed E-state index contributed by atoms with van der Waals surface area (Å²) < 4.78 is 17.4. The van der Waals surface area contributed by atoms with Gasteiger partial charge >= 0.3 is 0 Å². The molecule has 0 aliphatic rings. The van der Waals surface area contributed by atoms with Gasteiger partial charge in [0.2, 0.25) is 0 Å². The van der Waals surface area contributed by atoms with Crippen LogP contribution < -0.4 is 0 Å². The van der Waals surface area contributed by atoms with E-state index in [1.54, 1.807) is 0 Å². The van der Waals surface area contributed by atoms with E-state index in [0.29, 0.717) is 0 Å². The summed E-state index contributed by atoms with van der Waals surface area (Å²) in [6, 6.07) is 69.6. The lowest BCUT2D eigenvalue weighted by atomic mass is 9.97. The van der Waals surface area contributed by atoms with E-state index in [4.69, 9.17) is 8.83 Å². The smallest absolute Gasteiger partial charge is 0.137 e. The third-order valence-electron chi connectivity index (χ3n) is 12.1. The maximum Gasteiger partial charge on any atom is 0.137 e. The van der Waals surface area contributed by atoms with Crippen LogP contribution in [0.25, 0.3) is 121 Å². The monoisotopic (exact) mass is 740 g/mol.